The summed E-state index contributed by atoms with van der Waals surface area (Å²) < 4.78 is 15.6. The summed E-state index contributed by atoms with van der Waals surface area (Å²) >= 11 is 0. The first-order valence-electron chi connectivity index (χ1n) is 10.5. The van der Waals surface area contributed by atoms with Crippen LogP contribution < -0.4 is 4.90 Å². The van der Waals surface area contributed by atoms with E-state index in [2.05, 4.69) is 6.07 Å². The van der Waals surface area contributed by atoms with Gasteiger partial charge in [-0.3, -0.25) is 0 Å². The van der Waals surface area contributed by atoms with Gasteiger partial charge in [-0.1, -0.05) is 0 Å². The minimum atomic E-state index is -0.634. The normalized spacial score (nSPS) is 18.2. The van der Waals surface area contributed by atoms with Crippen molar-refractivity contribution in [3.05, 3.63) is 39.1 Å². The molecule has 1 aromatic rings. The Morgan fingerprint density at radius 2 is 1.47 bits per heavy atom. The Morgan fingerprint density at radius 1 is 0.900 bits per heavy atom. The molecule has 0 fully saturated rings. The van der Waals surface area contributed by atoms with Crippen LogP contribution in [0.4, 0.5) is 5.69 Å². The lowest BCUT2D eigenvalue weighted by atomic mass is 9.77. The molecule has 0 atom stereocenters. The number of benzene rings is 1. The van der Waals surface area contributed by atoms with Crippen molar-refractivity contribution < 1.29 is 23.8 Å². The van der Waals surface area contributed by atoms with E-state index in [4.69, 9.17) is 14.2 Å². The molecule has 7 nitrogen and oxygen atoms in total. The standard InChI is InChI=1S/C23H26N2O5/c1-28-22(26)19-12-30-13-25(21(19)23(27)29-2)20-17-10-6-5-8-15(17)14-7-3-4-9-16(14)18(20)11-24/h3-10,12-13H2,1-2H3. The fourth-order valence-corrected chi connectivity index (χ4v) is 5.05. The van der Waals surface area contributed by atoms with Crippen LogP contribution >= 0.6 is 0 Å². The number of carbonyl (C=O) groups is 2. The summed E-state index contributed by atoms with van der Waals surface area (Å²) in [7, 11) is 2.55. The van der Waals surface area contributed by atoms with Crippen LogP contribution in [0.2, 0.25) is 0 Å². The van der Waals surface area contributed by atoms with Crippen LogP contribution in [-0.2, 0) is 49.5 Å². The first-order chi connectivity index (χ1) is 14.6. The summed E-state index contributed by atoms with van der Waals surface area (Å²) in [6, 6.07) is 2.42. The second kappa shape index (κ2) is 8.49. The molecule has 0 aromatic heterocycles. The summed E-state index contributed by atoms with van der Waals surface area (Å²) in [4.78, 5) is 26.8. The van der Waals surface area contributed by atoms with E-state index in [9.17, 15) is 14.9 Å². The van der Waals surface area contributed by atoms with Crippen molar-refractivity contribution in [2.45, 2.75) is 51.4 Å². The van der Waals surface area contributed by atoms with Gasteiger partial charge >= 0.3 is 11.9 Å². The molecule has 0 unspecified atom stereocenters. The van der Waals surface area contributed by atoms with Gasteiger partial charge in [0.25, 0.3) is 0 Å². The van der Waals surface area contributed by atoms with Gasteiger partial charge in [0.2, 0.25) is 0 Å². The average Bonchev–Trinajstić information content (AvgIpc) is 2.81. The third kappa shape index (κ3) is 3.25. The molecular weight excluding hydrogens is 384 g/mol. The highest BCUT2D eigenvalue weighted by Crippen LogP contribution is 2.43. The first kappa shape index (κ1) is 20.4. The summed E-state index contributed by atoms with van der Waals surface area (Å²) in [6.45, 7) is 0.0352. The molecule has 0 N–H and O–H groups in total. The number of nitriles is 1. The van der Waals surface area contributed by atoms with Crippen molar-refractivity contribution in [3.63, 3.8) is 0 Å². The maximum atomic E-state index is 12.8. The van der Waals surface area contributed by atoms with Crippen LogP contribution in [0.5, 0.6) is 0 Å². The van der Waals surface area contributed by atoms with Gasteiger partial charge in [0.1, 0.15) is 18.5 Å². The van der Waals surface area contributed by atoms with E-state index < -0.39 is 11.9 Å². The number of hydrogen-bond acceptors (Lipinski definition) is 7. The molecule has 158 valence electrons. The van der Waals surface area contributed by atoms with Crippen LogP contribution in [0.3, 0.4) is 0 Å². The Kier molecular flexibility index (Phi) is 5.78. The minimum Gasteiger partial charge on any atom is -0.466 e. The Balaban J connectivity index is 2.00. The second-order valence-electron chi connectivity index (χ2n) is 7.88. The van der Waals surface area contributed by atoms with Gasteiger partial charge in [-0.15, -0.1) is 0 Å². The number of rotatable bonds is 3. The van der Waals surface area contributed by atoms with Crippen LogP contribution in [0.25, 0.3) is 0 Å². The molecule has 1 aliphatic heterocycles. The predicted octanol–water partition coefficient (Wildman–Crippen LogP) is 2.71. The van der Waals surface area contributed by atoms with Gasteiger partial charge in [-0.25, -0.2) is 9.59 Å². The molecule has 0 bridgehead atoms. The highest BCUT2D eigenvalue weighted by Gasteiger charge is 2.37. The average molecular weight is 410 g/mol. The molecule has 7 heteroatoms. The van der Waals surface area contributed by atoms with Crippen LogP contribution in [0, 0.1) is 11.3 Å². The van der Waals surface area contributed by atoms with Crippen molar-refractivity contribution in [2.75, 3.05) is 32.5 Å². The smallest absolute Gasteiger partial charge is 0.355 e. The van der Waals surface area contributed by atoms with Gasteiger partial charge in [-0.2, -0.15) is 5.26 Å². The van der Waals surface area contributed by atoms with Gasteiger partial charge in [0.05, 0.1) is 37.7 Å². The van der Waals surface area contributed by atoms with E-state index in [1.54, 1.807) is 4.90 Å². The largest absolute Gasteiger partial charge is 0.466 e. The Labute approximate surface area is 176 Å². The number of nitrogens with zero attached hydrogens (tertiary/aromatic N) is 2. The lowest BCUT2D eigenvalue weighted by molar-refractivity contribution is -0.140. The molecule has 3 aliphatic rings. The molecule has 2 aliphatic carbocycles. The number of carbonyl (C=O) groups excluding carboxylic acids is 2. The summed E-state index contributed by atoms with van der Waals surface area (Å²) in [5.41, 5.74) is 6.36. The molecular formula is C23H26N2O5. The number of fused-ring (bicyclic) bond motifs is 3. The molecule has 0 saturated carbocycles. The lowest BCUT2D eigenvalue weighted by Gasteiger charge is -2.37. The van der Waals surface area contributed by atoms with E-state index in [1.165, 1.54) is 25.3 Å². The monoisotopic (exact) mass is 410 g/mol. The SMILES string of the molecule is COC(=O)C1=C(C(=O)OC)N(c2c(C#N)c3c(c4c2CCCC4)CCCC3)COC1. The zero-order chi connectivity index (χ0) is 21.3. The third-order valence-corrected chi connectivity index (χ3v) is 6.34. The van der Waals surface area contributed by atoms with E-state index >= 15 is 0 Å². The topological polar surface area (TPSA) is 88.9 Å². The molecule has 1 heterocycles. The summed E-state index contributed by atoms with van der Waals surface area (Å²) in [5.74, 6) is -1.27. The molecule has 0 spiro atoms. The molecule has 0 radical (unpaired) electrons. The number of ether oxygens (including phenoxy) is 3. The van der Waals surface area contributed by atoms with Gasteiger partial charge in [-0.05, 0) is 73.6 Å². The molecule has 1 aromatic carbocycles. The fraction of sp³-hybridized carbons (Fsp3) is 0.522. The Morgan fingerprint density at radius 3 is 2.07 bits per heavy atom. The van der Waals surface area contributed by atoms with Gasteiger partial charge < -0.3 is 19.1 Å². The highest BCUT2D eigenvalue weighted by atomic mass is 16.5. The van der Waals surface area contributed by atoms with Crippen molar-refractivity contribution in [1.82, 2.24) is 0 Å². The highest BCUT2D eigenvalue weighted by molar-refractivity contribution is 6.04. The third-order valence-electron chi connectivity index (χ3n) is 6.34. The Hall–Kier alpha value is -2.85. The zero-order valence-electron chi connectivity index (χ0n) is 17.5. The lowest BCUT2D eigenvalue weighted by Crippen LogP contribution is -2.40. The Bertz CT molecular complexity index is 973. The minimum absolute atomic E-state index is 0.0391. The van der Waals surface area contributed by atoms with Crippen LogP contribution in [0.15, 0.2) is 11.3 Å². The van der Waals surface area contributed by atoms with E-state index in [1.807, 2.05) is 0 Å². The summed E-state index contributed by atoms with van der Waals surface area (Å²) in [6.07, 6.45) is 8.00. The van der Waals surface area contributed by atoms with E-state index in [0.717, 1.165) is 62.5 Å². The number of anilines is 1. The van der Waals surface area contributed by atoms with Gasteiger partial charge in [0.15, 0.2) is 0 Å². The van der Waals surface area contributed by atoms with Crippen molar-refractivity contribution >= 4 is 17.6 Å². The fourth-order valence-electron chi connectivity index (χ4n) is 5.05. The number of esters is 2. The van der Waals surface area contributed by atoms with Crippen LogP contribution in [0.1, 0.15) is 53.5 Å². The quantitative estimate of drug-likeness (QED) is 0.708. The summed E-state index contributed by atoms with van der Waals surface area (Å²) in [5, 5.41) is 10.2. The van der Waals surface area contributed by atoms with Crippen molar-refractivity contribution in [1.29, 1.82) is 5.26 Å². The predicted molar refractivity (Wildman–Crippen MR) is 109 cm³/mol. The molecule has 0 amide bonds. The maximum Gasteiger partial charge on any atom is 0.355 e. The van der Waals surface area contributed by atoms with Crippen molar-refractivity contribution in [2.24, 2.45) is 0 Å². The van der Waals surface area contributed by atoms with Crippen LogP contribution in [-0.4, -0.2) is 39.5 Å². The molecule has 0 saturated heterocycles. The van der Waals surface area contributed by atoms with Gasteiger partial charge in [0, 0.05) is 0 Å². The molecule has 30 heavy (non-hydrogen) atoms. The first-order valence-corrected chi connectivity index (χ1v) is 10.5. The second-order valence-corrected chi connectivity index (χ2v) is 7.88. The number of methoxy groups -OCH3 is 2. The van der Waals surface area contributed by atoms with E-state index in [-0.39, 0.29) is 24.6 Å². The molecule has 4 rings (SSSR count). The number of hydrogen-bond donors (Lipinski definition) is 0. The van der Waals surface area contributed by atoms with E-state index in [0.29, 0.717) is 11.3 Å². The van der Waals surface area contributed by atoms with Crippen molar-refractivity contribution in [3.8, 4) is 6.07 Å². The zero-order valence-corrected chi connectivity index (χ0v) is 17.5. The maximum absolute atomic E-state index is 12.8.